The number of rotatable bonds is 0. The van der Waals surface area contributed by atoms with Crippen LogP contribution < -0.4 is 5.32 Å². The number of ether oxygens (including phenoxy) is 1. The van der Waals surface area contributed by atoms with Crippen molar-refractivity contribution >= 4 is 5.91 Å². The fourth-order valence-corrected chi connectivity index (χ4v) is 2.27. The molecule has 4 atom stereocenters. The third-order valence-electron chi connectivity index (χ3n) is 3.12. The third-order valence-corrected chi connectivity index (χ3v) is 3.12. The molecule has 0 unspecified atom stereocenters. The summed E-state index contributed by atoms with van der Waals surface area (Å²) in [7, 11) is 0. The van der Waals surface area contributed by atoms with Crippen LogP contribution in [0, 0.1) is 5.92 Å². The van der Waals surface area contributed by atoms with Gasteiger partial charge in [0.2, 0.25) is 5.91 Å². The molecule has 2 heterocycles. The van der Waals surface area contributed by atoms with Crippen LogP contribution in [0.4, 0.5) is 0 Å². The summed E-state index contributed by atoms with van der Waals surface area (Å²) in [6.07, 6.45) is 3.68. The molecule has 2 aliphatic rings. The van der Waals surface area contributed by atoms with Crippen LogP contribution in [-0.2, 0) is 9.53 Å². The van der Waals surface area contributed by atoms with Gasteiger partial charge in [0.25, 0.3) is 0 Å². The lowest BCUT2D eigenvalue weighted by atomic mass is 10.0. The van der Waals surface area contributed by atoms with E-state index < -0.39 is 0 Å². The standard InChI is InChI=1S/C10H17NO2/c1-6-5-8-3-4-9(13-8)7(2)10(12)11-6/h6-9H,3-5H2,1-2H3,(H,11,12)/t6-,7+,8-,9+/m0/s1. The summed E-state index contributed by atoms with van der Waals surface area (Å²) in [5.41, 5.74) is 0. The number of amides is 1. The van der Waals surface area contributed by atoms with Gasteiger partial charge in [0, 0.05) is 6.04 Å². The van der Waals surface area contributed by atoms with E-state index in [-0.39, 0.29) is 24.0 Å². The molecule has 2 fully saturated rings. The average molecular weight is 183 g/mol. The average Bonchev–Trinajstić information content (AvgIpc) is 2.50. The van der Waals surface area contributed by atoms with Crippen molar-refractivity contribution in [3.8, 4) is 0 Å². The maximum atomic E-state index is 11.6. The fraction of sp³-hybridized carbons (Fsp3) is 0.900. The minimum absolute atomic E-state index is 0.0211. The van der Waals surface area contributed by atoms with E-state index in [9.17, 15) is 4.79 Å². The number of carbonyl (C=O) groups excluding carboxylic acids is 1. The predicted molar refractivity (Wildman–Crippen MR) is 49.3 cm³/mol. The molecule has 1 N–H and O–H groups in total. The summed E-state index contributed by atoms with van der Waals surface area (Å²) in [6, 6.07) is 0.263. The van der Waals surface area contributed by atoms with Gasteiger partial charge in [0.15, 0.2) is 0 Å². The highest BCUT2D eigenvalue weighted by atomic mass is 16.5. The molecule has 0 aliphatic carbocycles. The van der Waals surface area contributed by atoms with Gasteiger partial charge >= 0.3 is 0 Å². The highest BCUT2D eigenvalue weighted by Gasteiger charge is 2.36. The predicted octanol–water partition coefficient (Wildman–Crippen LogP) is 1.08. The molecule has 3 nitrogen and oxygen atoms in total. The van der Waals surface area contributed by atoms with E-state index in [1.165, 1.54) is 0 Å². The molecule has 0 spiro atoms. The normalized spacial score (nSPS) is 45.2. The van der Waals surface area contributed by atoms with E-state index in [1.807, 2.05) is 13.8 Å². The van der Waals surface area contributed by atoms with E-state index in [4.69, 9.17) is 4.74 Å². The molecule has 0 saturated carbocycles. The lowest BCUT2D eigenvalue weighted by Crippen LogP contribution is -2.44. The van der Waals surface area contributed by atoms with Crippen LogP contribution in [0.25, 0.3) is 0 Å². The Hall–Kier alpha value is -0.570. The van der Waals surface area contributed by atoms with Crippen molar-refractivity contribution in [3.05, 3.63) is 0 Å². The van der Waals surface area contributed by atoms with Crippen molar-refractivity contribution in [2.24, 2.45) is 5.92 Å². The van der Waals surface area contributed by atoms with Gasteiger partial charge in [0.05, 0.1) is 18.1 Å². The zero-order chi connectivity index (χ0) is 9.42. The Kier molecular flexibility index (Phi) is 2.28. The summed E-state index contributed by atoms with van der Waals surface area (Å²) in [5.74, 6) is 0.172. The van der Waals surface area contributed by atoms with Crippen molar-refractivity contribution < 1.29 is 9.53 Å². The van der Waals surface area contributed by atoms with Crippen LogP contribution in [0.5, 0.6) is 0 Å². The number of hydrogen-bond acceptors (Lipinski definition) is 2. The first kappa shape index (κ1) is 9.00. The Bertz CT molecular complexity index is 217. The van der Waals surface area contributed by atoms with Crippen molar-refractivity contribution in [2.75, 3.05) is 0 Å². The summed E-state index contributed by atoms with van der Waals surface area (Å²) in [5, 5.41) is 3.01. The monoisotopic (exact) mass is 183 g/mol. The Morgan fingerprint density at radius 3 is 2.92 bits per heavy atom. The minimum Gasteiger partial charge on any atom is -0.374 e. The van der Waals surface area contributed by atoms with Crippen molar-refractivity contribution in [2.45, 2.75) is 51.4 Å². The van der Waals surface area contributed by atoms with Crippen LogP contribution >= 0.6 is 0 Å². The van der Waals surface area contributed by atoms with Crippen LogP contribution in [0.15, 0.2) is 0 Å². The molecule has 0 radical (unpaired) electrons. The van der Waals surface area contributed by atoms with Gasteiger partial charge in [-0.15, -0.1) is 0 Å². The van der Waals surface area contributed by atoms with Gasteiger partial charge < -0.3 is 10.1 Å². The molecular weight excluding hydrogens is 166 g/mol. The molecule has 2 rings (SSSR count). The van der Waals surface area contributed by atoms with Crippen molar-refractivity contribution in [1.29, 1.82) is 0 Å². The Balaban J connectivity index is 2.11. The van der Waals surface area contributed by atoms with Gasteiger partial charge in [-0.1, -0.05) is 6.92 Å². The third kappa shape index (κ3) is 1.70. The number of carbonyl (C=O) groups is 1. The zero-order valence-corrected chi connectivity index (χ0v) is 8.25. The van der Waals surface area contributed by atoms with Crippen LogP contribution in [0.3, 0.4) is 0 Å². The smallest absolute Gasteiger partial charge is 0.225 e. The highest BCUT2D eigenvalue weighted by Crippen LogP contribution is 2.29. The zero-order valence-electron chi connectivity index (χ0n) is 8.25. The molecule has 2 aliphatic heterocycles. The SMILES string of the molecule is C[C@H]1C[C@@H]2CC[C@@H](O2)[C@@H](C)C(=O)N1. The van der Waals surface area contributed by atoms with Crippen LogP contribution in [0.2, 0.25) is 0 Å². The van der Waals surface area contributed by atoms with Crippen LogP contribution in [-0.4, -0.2) is 24.2 Å². The molecular formula is C10H17NO2. The van der Waals surface area contributed by atoms with E-state index >= 15 is 0 Å². The molecule has 3 heteroatoms. The quantitative estimate of drug-likeness (QED) is 0.610. The summed E-state index contributed by atoms with van der Waals surface area (Å²) >= 11 is 0. The van der Waals surface area contributed by atoms with E-state index in [1.54, 1.807) is 0 Å². The summed E-state index contributed by atoms with van der Waals surface area (Å²) < 4.78 is 5.79. The van der Waals surface area contributed by atoms with E-state index in [2.05, 4.69) is 5.32 Å². The summed E-state index contributed by atoms with van der Waals surface area (Å²) in [6.45, 7) is 4.01. The lowest BCUT2D eigenvalue weighted by Gasteiger charge is -2.26. The second-order valence-electron chi connectivity index (χ2n) is 4.31. The van der Waals surface area contributed by atoms with Gasteiger partial charge in [-0.2, -0.15) is 0 Å². The second-order valence-corrected chi connectivity index (χ2v) is 4.31. The molecule has 74 valence electrons. The Morgan fingerprint density at radius 2 is 2.15 bits per heavy atom. The largest absolute Gasteiger partial charge is 0.374 e. The second kappa shape index (κ2) is 3.29. The molecule has 13 heavy (non-hydrogen) atoms. The molecule has 2 saturated heterocycles. The first-order chi connectivity index (χ1) is 6.16. The molecule has 2 bridgehead atoms. The molecule has 0 aromatic rings. The van der Waals surface area contributed by atoms with Gasteiger partial charge in [-0.3, -0.25) is 4.79 Å². The molecule has 1 amide bonds. The maximum absolute atomic E-state index is 11.6. The molecule has 0 aromatic heterocycles. The van der Waals surface area contributed by atoms with Crippen molar-refractivity contribution in [3.63, 3.8) is 0 Å². The topological polar surface area (TPSA) is 38.3 Å². The lowest BCUT2D eigenvalue weighted by molar-refractivity contribution is -0.132. The van der Waals surface area contributed by atoms with Crippen LogP contribution in [0.1, 0.15) is 33.1 Å². The number of hydrogen-bond donors (Lipinski definition) is 1. The Labute approximate surface area is 78.8 Å². The number of fused-ring (bicyclic) bond motifs is 2. The minimum atomic E-state index is 0.0211. The fourth-order valence-electron chi connectivity index (χ4n) is 2.27. The Morgan fingerprint density at radius 1 is 1.38 bits per heavy atom. The summed E-state index contributed by atoms with van der Waals surface area (Å²) in [4.78, 5) is 11.6. The van der Waals surface area contributed by atoms with Gasteiger partial charge in [-0.25, -0.2) is 0 Å². The van der Waals surface area contributed by atoms with E-state index in [0.717, 1.165) is 19.3 Å². The van der Waals surface area contributed by atoms with Gasteiger partial charge in [-0.05, 0) is 26.2 Å². The van der Waals surface area contributed by atoms with E-state index in [0.29, 0.717) is 6.10 Å². The first-order valence-corrected chi connectivity index (χ1v) is 5.12. The highest BCUT2D eigenvalue weighted by molar-refractivity contribution is 5.79. The van der Waals surface area contributed by atoms with Gasteiger partial charge in [0.1, 0.15) is 0 Å². The first-order valence-electron chi connectivity index (χ1n) is 5.12. The number of nitrogens with one attached hydrogen (secondary N) is 1. The van der Waals surface area contributed by atoms with Crippen molar-refractivity contribution in [1.82, 2.24) is 5.32 Å². The molecule has 0 aromatic carbocycles. The maximum Gasteiger partial charge on any atom is 0.225 e.